The van der Waals surface area contributed by atoms with E-state index in [1.807, 2.05) is 24.3 Å². The lowest BCUT2D eigenvalue weighted by molar-refractivity contribution is 0.0691. The number of aromatic carboxylic acids is 1. The second-order valence-electron chi connectivity index (χ2n) is 5.01. The van der Waals surface area contributed by atoms with Crippen LogP contribution in [0.4, 0.5) is 0 Å². The number of ether oxygens (including phenoxy) is 2. The van der Waals surface area contributed by atoms with Gasteiger partial charge in [-0.05, 0) is 23.8 Å². The minimum atomic E-state index is -0.989. The van der Waals surface area contributed by atoms with Gasteiger partial charge in [-0.1, -0.05) is 12.1 Å². The topological polar surface area (TPSA) is 84.4 Å². The van der Waals surface area contributed by atoms with Crippen molar-refractivity contribution in [1.82, 2.24) is 9.97 Å². The van der Waals surface area contributed by atoms with Crippen LogP contribution in [0, 0.1) is 0 Å². The molecule has 0 spiro atoms. The number of carboxylic acids is 1. The summed E-state index contributed by atoms with van der Waals surface area (Å²) in [4.78, 5) is 18.0. The summed E-state index contributed by atoms with van der Waals surface area (Å²) in [6.07, 6.45) is 2.45. The molecule has 0 aliphatic heterocycles. The average molecular weight is 312 g/mol. The number of nitrogens with one attached hydrogen (secondary N) is 1. The van der Waals surface area contributed by atoms with Gasteiger partial charge in [0.2, 0.25) is 5.88 Å². The molecule has 6 nitrogen and oxygen atoms in total. The highest BCUT2D eigenvalue weighted by Crippen LogP contribution is 2.26. The van der Waals surface area contributed by atoms with Crippen molar-refractivity contribution < 1.29 is 19.4 Å². The highest BCUT2D eigenvalue weighted by molar-refractivity contribution is 5.96. The van der Waals surface area contributed by atoms with Crippen molar-refractivity contribution in [2.24, 2.45) is 0 Å². The molecule has 118 valence electrons. The van der Waals surface area contributed by atoms with E-state index in [9.17, 15) is 4.79 Å². The quantitative estimate of drug-likeness (QED) is 0.731. The van der Waals surface area contributed by atoms with Gasteiger partial charge >= 0.3 is 5.97 Å². The van der Waals surface area contributed by atoms with Crippen molar-refractivity contribution in [1.29, 1.82) is 0 Å². The van der Waals surface area contributed by atoms with Gasteiger partial charge in [0.25, 0.3) is 0 Å². The maximum absolute atomic E-state index is 11.0. The molecule has 23 heavy (non-hydrogen) atoms. The predicted molar refractivity (Wildman–Crippen MR) is 85.2 cm³/mol. The maximum Gasteiger partial charge on any atom is 0.352 e. The molecule has 0 amide bonds. The highest BCUT2D eigenvalue weighted by Gasteiger charge is 2.10. The average Bonchev–Trinajstić information content (AvgIpc) is 3.01. The normalized spacial score (nSPS) is 10.7. The Labute approximate surface area is 132 Å². The van der Waals surface area contributed by atoms with Crippen LogP contribution >= 0.6 is 0 Å². The Morgan fingerprint density at radius 3 is 2.87 bits per heavy atom. The summed E-state index contributed by atoms with van der Waals surface area (Å²) in [7, 11) is 1.58. The standard InChI is InChI=1S/C17H16N2O4/c1-22-16-6-5-11(10-18-16)7-8-23-15-4-2-3-13-12(15)9-14(19-13)17(20)21/h2-6,9-10,19H,7-8H2,1H3,(H,20,21). The van der Waals surface area contributed by atoms with Crippen LogP contribution in [-0.4, -0.2) is 34.8 Å². The number of carbonyl (C=O) groups is 1. The fourth-order valence-corrected chi connectivity index (χ4v) is 2.33. The first-order valence-corrected chi connectivity index (χ1v) is 7.14. The molecular formula is C17H16N2O4. The highest BCUT2D eigenvalue weighted by atomic mass is 16.5. The van der Waals surface area contributed by atoms with Crippen LogP contribution in [0.15, 0.2) is 42.6 Å². The molecule has 0 radical (unpaired) electrons. The number of pyridine rings is 1. The molecule has 3 rings (SSSR count). The van der Waals surface area contributed by atoms with E-state index in [2.05, 4.69) is 9.97 Å². The summed E-state index contributed by atoms with van der Waals surface area (Å²) in [6.45, 7) is 0.473. The molecule has 0 bridgehead atoms. The van der Waals surface area contributed by atoms with E-state index in [4.69, 9.17) is 14.6 Å². The van der Waals surface area contributed by atoms with Gasteiger partial charge in [0.15, 0.2) is 0 Å². The first-order chi connectivity index (χ1) is 11.2. The van der Waals surface area contributed by atoms with Crippen molar-refractivity contribution in [3.8, 4) is 11.6 Å². The van der Waals surface area contributed by atoms with Gasteiger partial charge in [-0.3, -0.25) is 0 Å². The molecule has 0 unspecified atom stereocenters. The van der Waals surface area contributed by atoms with Gasteiger partial charge in [-0.15, -0.1) is 0 Å². The lowest BCUT2D eigenvalue weighted by atomic mass is 10.2. The molecule has 0 atom stereocenters. The SMILES string of the molecule is COc1ccc(CCOc2cccc3[nH]c(C(=O)O)cc23)cn1. The Kier molecular flexibility index (Phi) is 4.14. The van der Waals surface area contributed by atoms with E-state index in [1.54, 1.807) is 25.4 Å². The maximum atomic E-state index is 11.0. The molecule has 0 aliphatic carbocycles. The van der Waals surface area contributed by atoms with E-state index in [0.717, 1.165) is 16.5 Å². The van der Waals surface area contributed by atoms with Crippen LogP contribution in [0.1, 0.15) is 16.1 Å². The van der Waals surface area contributed by atoms with Crippen LogP contribution in [0.2, 0.25) is 0 Å². The Balaban J connectivity index is 1.70. The summed E-state index contributed by atoms with van der Waals surface area (Å²) >= 11 is 0. The van der Waals surface area contributed by atoms with Crippen molar-refractivity contribution in [2.45, 2.75) is 6.42 Å². The summed E-state index contributed by atoms with van der Waals surface area (Å²) in [6, 6.07) is 10.8. The zero-order valence-electron chi connectivity index (χ0n) is 12.6. The number of aromatic amines is 1. The molecule has 0 aliphatic rings. The van der Waals surface area contributed by atoms with Gasteiger partial charge in [0.1, 0.15) is 11.4 Å². The van der Waals surface area contributed by atoms with Gasteiger partial charge in [-0.25, -0.2) is 9.78 Å². The lowest BCUT2D eigenvalue weighted by Crippen LogP contribution is -2.02. The van der Waals surface area contributed by atoms with Crippen LogP contribution in [0.3, 0.4) is 0 Å². The lowest BCUT2D eigenvalue weighted by Gasteiger charge is -2.07. The van der Waals surface area contributed by atoms with Crippen molar-refractivity contribution in [3.63, 3.8) is 0 Å². The Bertz CT molecular complexity index is 824. The number of methoxy groups -OCH3 is 1. The van der Waals surface area contributed by atoms with Crippen LogP contribution in [-0.2, 0) is 6.42 Å². The third-order valence-electron chi connectivity index (χ3n) is 3.51. The summed E-state index contributed by atoms with van der Waals surface area (Å²) < 4.78 is 10.8. The van der Waals surface area contributed by atoms with E-state index in [0.29, 0.717) is 24.7 Å². The Hall–Kier alpha value is -3.02. The minimum Gasteiger partial charge on any atom is -0.493 e. The number of benzene rings is 1. The van der Waals surface area contributed by atoms with E-state index < -0.39 is 5.97 Å². The molecule has 3 aromatic rings. The molecule has 6 heteroatoms. The molecule has 2 heterocycles. The van der Waals surface area contributed by atoms with Crippen molar-refractivity contribution >= 4 is 16.9 Å². The number of H-pyrrole nitrogens is 1. The number of hydrogen-bond donors (Lipinski definition) is 2. The fourth-order valence-electron chi connectivity index (χ4n) is 2.33. The zero-order chi connectivity index (χ0) is 16.2. The van der Waals surface area contributed by atoms with Gasteiger partial charge in [0, 0.05) is 29.6 Å². The Morgan fingerprint density at radius 1 is 1.30 bits per heavy atom. The van der Waals surface area contributed by atoms with E-state index in [-0.39, 0.29) is 5.69 Å². The predicted octanol–water partition coefficient (Wildman–Crippen LogP) is 2.89. The van der Waals surface area contributed by atoms with Gasteiger partial charge < -0.3 is 19.6 Å². The first-order valence-electron chi connectivity index (χ1n) is 7.14. The van der Waals surface area contributed by atoms with Crippen molar-refractivity contribution in [2.75, 3.05) is 13.7 Å². The smallest absolute Gasteiger partial charge is 0.352 e. The number of carboxylic acid groups (broad SMARTS) is 1. The summed E-state index contributed by atoms with van der Waals surface area (Å²) in [5.74, 6) is 0.247. The summed E-state index contributed by atoms with van der Waals surface area (Å²) in [5.41, 5.74) is 1.93. The number of hydrogen-bond acceptors (Lipinski definition) is 4. The molecule has 0 fully saturated rings. The number of aromatic nitrogens is 2. The third kappa shape index (κ3) is 3.26. The molecule has 0 saturated heterocycles. The van der Waals surface area contributed by atoms with E-state index in [1.165, 1.54) is 0 Å². The van der Waals surface area contributed by atoms with Crippen LogP contribution in [0.5, 0.6) is 11.6 Å². The zero-order valence-corrected chi connectivity index (χ0v) is 12.6. The minimum absolute atomic E-state index is 0.149. The van der Waals surface area contributed by atoms with Crippen LogP contribution < -0.4 is 9.47 Å². The van der Waals surface area contributed by atoms with Crippen molar-refractivity contribution in [3.05, 3.63) is 53.9 Å². The monoisotopic (exact) mass is 312 g/mol. The third-order valence-corrected chi connectivity index (χ3v) is 3.51. The Morgan fingerprint density at radius 2 is 2.17 bits per heavy atom. The van der Waals surface area contributed by atoms with Gasteiger partial charge in [0.05, 0.1) is 13.7 Å². The number of fused-ring (bicyclic) bond motifs is 1. The van der Waals surface area contributed by atoms with E-state index >= 15 is 0 Å². The fraction of sp³-hybridized carbons (Fsp3) is 0.176. The van der Waals surface area contributed by atoms with Crippen LogP contribution in [0.25, 0.3) is 10.9 Å². The number of nitrogens with zero attached hydrogens (tertiary/aromatic N) is 1. The molecule has 2 N–H and O–H groups in total. The second-order valence-corrected chi connectivity index (χ2v) is 5.01. The molecule has 2 aromatic heterocycles. The molecule has 1 aromatic carbocycles. The first kappa shape index (κ1) is 14.9. The second kappa shape index (κ2) is 6.39. The summed E-state index contributed by atoms with van der Waals surface area (Å²) in [5, 5.41) is 9.82. The number of rotatable bonds is 6. The van der Waals surface area contributed by atoms with Gasteiger partial charge in [-0.2, -0.15) is 0 Å². The largest absolute Gasteiger partial charge is 0.493 e. The molecular weight excluding hydrogens is 296 g/mol. The molecule has 0 saturated carbocycles.